The lowest BCUT2D eigenvalue weighted by atomic mass is 10.1. The molecular formula is C14H17FN2S. The third-order valence-electron chi connectivity index (χ3n) is 2.95. The number of halogens is 1. The van der Waals surface area contributed by atoms with E-state index in [2.05, 4.69) is 29.4 Å². The van der Waals surface area contributed by atoms with Gasteiger partial charge >= 0.3 is 0 Å². The van der Waals surface area contributed by atoms with Crippen LogP contribution in [0.1, 0.15) is 28.3 Å². The van der Waals surface area contributed by atoms with Gasteiger partial charge in [-0.3, -0.25) is 4.98 Å². The maximum Gasteiger partial charge on any atom is 0.141 e. The molecule has 2 nitrogen and oxygen atoms in total. The van der Waals surface area contributed by atoms with Gasteiger partial charge in [0.25, 0.3) is 0 Å². The first-order valence-corrected chi connectivity index (χ1v) is 6.90. The molecule has 0 bridgehead atoms. The number of hydrogen-bond acceptors (Lipinski definition) is 3. The van der Waals surface area contributed by atoms with Crippen LogP contribution in [-0.2, 0) is 12.8 Å². The van der Waals surface area contributed by atoms with Crippen LogP contribution in [0.3, 0.4) is 0 Å². The van der Waals surface area contributed by atoms with Crippen LogP contribution in [-0.4, -0.2) is 12.0 Å². The summed E-state index contributed by atoms with van der Waals surface area (Å²) >= 11 is 1.82. The molecule has 0 aliphatic heterocycles. The van der Waals surface area contributed by atoms with Gasteiger partial charge in [-0.2, -0.15) is 0 Å². The fourth-order valence-corrected chi connectivity index (χ4v) is 2.93. The number of nitrogens with one attached hydrogen (secondary N) is 1. The molecule has 0 spiro atoms. The number of likely N-dealkylation sites (N-methyl/N-ethyl adjacent to an activating group) is 1. The summed E-state index contributed by atoms with van der Waals surface area (Å²) in [5.74, 6) is -0.284. The van der Waals surface area contributed by atoms with E-state index in [1.165, 1.54) is 16.0 Å². The molecule has 4 heteroatoms. The van der Waals surface area contributed by atoms with Gasteiger partial charge < -0.3 is 5.32 Å². The van der Waals surface area contributed by atoms with Crippen molar-refractivity contribution in [2.75, 3.05) is 7.05 Å². The van der Waals surface area contributed by atoms with Gasteiger partial charge in [0, 0.05) is 28.4 Å². The quantitative estimate of drug-likeness (QED) is 0.896. The zero-order valence-corrected chi connectivity index (χ0v) is 11.4. The van der Waals surface area contributed by atoms with Crippen molar-refractivity contribution in [1.82, 2.24) is 10.3 Å². The molecule has 0 amide bonds. The predicted molar refractivity (Wildman–Crippen MR) is 73.4 cm³/mol. The highest BCUT2D eigenvalue weighted by atomic mass is 32.1. The number of aryl methyl sites for hydroxylation is 1. The van der Waals surface area contributed by atoms with Crippen molar-refractivity contribution in [3.8, 4) is 0 Å². The molecule has 96 valence electrons. The summed E-state index contributed by atoms with van der Waals surface area (Å²) < 4.78 is 13.2. The summed E-state index contributed by atoms with van der Waals surface area (Å²) in [5.41, 5.74) is 0.893. The number of pyridine rings is 1. The summed E-state index contributed by atoms with van der Waals surface area (Å²) in [5, 5.41) is 3.22. The Hall–Kier alpha value is -1.26. The van der Waals surface area contributed by atoms with Crippen molar-refractivity contribution in [1.29, 1.82) is 0 Å². The fourth-order valence-electron chi connectivity index (χ4n) is 1.93. The van der Waals surface area contributed by atoms with Gasteiger partial charge in [-0.25, -0.2) is 4.39 Å². The Bertz CT molecular complexity index is 510. The molecule has 1 atom stereocenters. The van der Waals surface area contributed by atoms with E-state index in [1.54, 1.807) is 12.3 Å². The van der Waals surface area contributed by atoms with Crippen LogP contribution in [0.4, 0.5) is 4.39 Å². The number of hydrogen-bond donors (Lipinski definition) is 1. The highest BCUT2D eigenvalue weighted by molar-refractivity contribution is 7.11. The third kappa shape index (κ3) is 3.15. The minimum Gasteiger partial charge on any atom is -0.313 e. The standard InChI is InChI=1S/C14H17FN2S/c1-3-12-4-5-13(18-12)7-14(16-2)10-6-11(15)9-17-8-10/h4-6,8-9,14,16H,3,7H2,1-2H3. The molecule has 0 radical (unpaired) electrons. The van der Waals surface area contributed by atoms with Crippen LogP contribution >= 0.6 is 11.3 Å². The highest BCUT2D eigenvalue weighted by Gasteiger charge is 2.12. The lowest BCUT2D eigenvalue weighted by molar-refractivity contribution is 0.575. The van der Waals surface area contributed by atoms with E-state index in [4.69, 9.17) is 0 Å². The first-order chi connectivity index (χ1) is 8.72. The Labute approximate surface area is 111 Å². The maximum atomic E-state index is 13.2. The molecule has 2 heterocycles. The molecule has 0 aromatic carbocycles. The first kappa shape index (κ1) is 13.2. The van der Waals surface area contributed by atoms with Crippen molar-refractivity contribution in [3.63, 3.8) is 0 Å². The molecule has 0 fully saturated rings. The number of rotatable bonds is 5. The van der Waals surface area contributed by atoms with E-state index in [9.17, 15) is 4.39 Å². The summed E-state index contributed by atoms with van der Waals surface area (Å²) in [4.78, 5) is 6.61. The largest absolute Gasteiger partial charge is 0.313 e. The summed E-state index contributed by atoms with van der Waals surface area (Å²) in [7, 11) is 1.89. The molecule has 1 N–H and O–H groups in total. The first-order valence-electron chi connectivity index (χ1n) is 6.08. The molecule has 18 heavy (non-hydrogen) atoms. The summed E-state index contributed by atoms with van der Waals surface area (Å²) in [6.45, 7) is 2.15. The predicted octanol–water partition coefficient (Wildman–Crippen LogP) is 3.35. The molecule has 2 rings (SSSR count). The molecule has 0 aliphatic rings. The second kappa shape index (κ2) is 6.07. The van der Waals surface area contributed by atoms with Gasteiger partial charge in [-0.05, 0) is 37.2 Å². The summed E-state index contributed by atoms with van der Waals surface area (Å²) in [6.07, 6.45) is 4.89. The molecule has 2 aromatic rings. The van der Waals surface area contributed by atoms with Crippen molar-refractivity contribution >= 4 is 11.3 Å². The Morgan fingerprint density at radius 3 is 2.72 bits per heavy atom. The smallest absolute Gasteiger partial charge is 0.141 e. The van der Waals surface area contributed by atoms with Gasteiger partial charge in [-0.15, -0.1) is 11.3 Å². The van der Waals surface area contributed by atoms with E-state index in [0.29, 0.717) is 0 Å². The van der Waals surface area contributed by atoms with Gasteiger partial charge in [0.2, 0.25) is 0 Å². The average molecular weight is 264 g/mol. The van der Waals surface area contributed by atoms with Crippen molar-refractivity contribution < 1.29 is 4.39 Å². The van der Waals surface area contributed by atoms with Crippen molar-refractivity contribution in [3.05, 3.63) is 51.7 Å². The summed E-state index contributed by atoms with van der Waals surface area (Å²) in [6, 6.07) is 5.97. The van der Waals surface area contributed by atoms with Crippen LogP contribution < -0.4 is 5.32 Å². The Balaban J connectivity index is 2.14. The van der Waals surface area contributed by atoms with E-state index >= 15 is 0 Å². The minimum atomic E-state index is -0.284. The zero-order valence-electron chi connectivity index (χ0n) is 10.6. The fraction of sp³-hybridized carbons (Fsp3) is 0.357. The molecule has 2 aromatic heterocycles. The molecular weight excluding hydrogens is 247 g/mol. The molecule has 0 saturated heterocycles. The minimum absolute atomic E-state index is 0.108. The van der Waals surface area contributed by atoms with Gasteiger partial charge in [0.15, 0.2) is 0 Å². The lowest BCUT2D eigenvalue weighted by Gasteiger charge is -2.15. The van der Waals surface area contributed by atoms with Crippen LogP contribution in [0.25, 0.3) is 0 Å². The molecule has 0 saturated carbocycles. The van der Waals surface area contributed by atoms with E-state index < -0.39 is 0 Å². The third-order valence-corrected chi connectivity index (χ3v) is 4.20. The van der Waals surface area contributed by atoms with Crippen LogP contribution in [0.15, 0.2) is 30.6 Å². The monoisotopic (exact) mass is 264 g/mol. The molecule has 1 unspecified atom stereocenters. The van der Waals surface area contributed by atoms with Crippen LogP contribution in [0.5, 0.6) is 0 Å². The Kier molecular flexibility index (Phi) is 4.44. The second-order valence-electron chi connectivity index (χ2n) is 4.20. The van der Waals surface area contributed by atoms with Gasteiger partial charge in [0.1, 0.15) is 5.82 Å². The topological polar surface area (TPSA) is 24.9 Å². The van der Waals surface area contributed by atoms with Crippen LogP contribution in [0.2, 0.25) is 0 Å². The Morgan fingerprint density at radius 1 is 1.33 bits per heavy atom. The lowest BCUT2D eigenvalue weighted by Crippen LogP contribution is -2.18. The number of thiophene rings is 1. The van der Waals surface area contributed by atoms with Crippen molar-refractivity contribution in [2.24, 2.45) is 0 Å². The second-order valence-corrected chi connectivity index (χ2v) is 5.46. The average Bonchev–Trinajstić information content (AvgIpc) is 2.83. The van der Waals surface area contributed by atoms with E-state index in [0.717, 1.165) is 18.4 Å². The Morgan fingerprint density at radius 2 is 2.11 bits per heavy atom. The van der Waals surface area contributed by atoms with Gasteiger partial charge in [0.05, 0.1) is 6.20 Å². The number of aromatic nitrogens is 1. The normalized spacial score (nSPS) is 12.6. The van der Waals surface area contributed by atoms with E-state index in [-0.39, 0.29) is 11.9 Å². The van der Waals surface area contributed by atoms with Gasteiger partial charge in [-0.1, -0.05) is 6.92 Å². The number of nitrogens with zero attached hydrogens (tertiary/aromatic N) is 1. The van der Waals surface area contributed by atoms with Crippen molar-refractivity contribution in [2.45, 2.75) is 25.8 Å². The van der Waals surface area contributed by atoms with E-state index in [1.807, 2.05) is 18.4 Å². The molecule has 0 aliphatic carbocycles. The highest BCUT2D eigenvalue weighted by Crippen LogP contribution is 2.24. The van der Waals surface area contributed by atoms with Crippen LogP contribution in [0, 0.1) is 5.82 Å². The maximum absolute atomic E-state index is 13.2. The SMILES string of the molecule is CCc1ccc(CC(NC)c2cncc(F)c2)s1. The zero-order chi connectivity index (χ0) is 13.0.